The topological polar surface area (TPSA) is 37.0 Å². The first kappa shape index (κ1) is 12.4. The number of hydrogen-bond acceptors (Lipinski definition) is 3. The summed E-state index contributed by atoms with van der Waals surface area (Å²) < 4.78 is 0. The third-order valence-electron chi connectivity index (χ3n) is 3.28. The van der Waals surface area contributed by atoms with Crippen LogP contribution in [-0.4, -0.2) is 24.1 Å². The van der Waals surface area contributed by atoms with Gasteiger partial charge in [-0.25, -0.2) is 4.98 Å². The van der Waals surface area contributed by atoms with Crippen molar-refractivity contribution in [3.63, 3.8) is 0 Å². The third-order valence-corrected chi connectivity index (χ3v) is 3.28. The molecule has 3 heteroatoms. The zero-order valence-electron chi connectivity index (χ0n) is 11.1. The van der Waals surface area contributed by atoms with Crippen molar-refractivity contribution in [1.82, 2.24) is 10.3 Å². The summed E-state index contributed by atoms with van der Waals surface area (Å²) >= 11 is 0. The molecular formula is C14H23N3. The van der Waals surface area contributed by atoms with Crippen LogP contribution in [0.15, 0.2) is 18.3 Å². The van der Waals surface area contributed by atoms with E-state index in [0.29, 0.717) is 6.04 Å². The molecule has 0 aliphatic carbocycles. The van der Waals surface area contributed by atoms with Gasteiger partial charge in [-0.15, -0.1) is 0 Å². The minimum absolute atomic E-state index is 0.178. The van der Waals surface area contributed by atoms with Crippen LogP contribution < -0.4 is 10.6 Å². The average molecular weight is 233 g/mol. The Morgan fingerprint density at radius 3 is 2.71 bits per heavy atom. The van der Waals surface area contributed by atoms with Gasteiger partial charge in [-0.05, 0) is 36.4 Å². The molecule has 1 saturated heterocycles. The van der Waals surface area contributed by atoms with E-state index in [0.717, 1.165) is 18.9 Å². The van der Waals surface area contributed by atoms with Gasteiger partial charge in [0.05, 0.1) is 0 Å². The molecule has 0 bridgehead atoms. The van der Waals surface area contributed by atoms with Gasteiger partial charge in [0, 0.05) is 18.8 Å². The molecule has 1 atom stereocenters. The minimum atomic E-state index is 0.178. The second kappa shape index (κ2) is 5.05. The van der Waals surface area contributed by atoms with E-state index in [-0.39, 0.29) is 5.41 Å². The summed E-state index contributed by atoms with van der Waals surface area (Å²) in [7, 11) is 0. The van der Waals surface area contributed by atoms with Crippen molar-refractivity contribution in [2.75, 3.05) is 18.4 Å². The highest BCUT2D eigenvalue weighted by atomic mass is 15.1. The van der Waals surface area contributed by atoms with Gasteiger partial charge in [0.15, 0.2) is 0 Å². The molecule has 2 heterocycles. The van der Waals surface area contributed by atoms with Gasteiger partial charge in [0.1, 0.15) is 5.82 Å². The highest BCUT2D eigenvalue weighted by molar-refractivity contribution is 5.38. The summed E-state index contributed by atoms with van der Waals surface area (Å²) in [5.74, 6) is 0.992. The Morgan fingerprint density at radius 1 is 1.35 bits per heavy atom. The molecule has 0 saturated carbocycles. The number of rotatable bonds is 2. The fourth-order valence-electron chi connectivity index (χ4n) is 2.11. The Bertz CT molecular complexity index is 345. The van der Waals surface area contributed by atoms with Crippen LogP contribution in [0.4, 0.5) is 5.82 Å². The Balaban J connectivity index is 1.98. The van der Waals surface area contributed by atoms with Crippen molar-refractivity contribution in [1.29, 1.82) is 0 Å². The molecular weight excluding hydrogens is 210 g/mol. The fraction of sp³-hybridized carbons (Fsp3) is 0.643. The van der Waals surface area contributed by atoms with E-state index in [1.165, 1.54) is 18.4 Å². The zero-order valence-corrected chi connectivity index (χ0v) is 11.1. The molecule has 17 heavy (non-hydrogen) atoms. The quantitative estimate of drug-likeness (QED) is 0.824. The molecule has 1 fully saturated rings. The van der Waals surface area contributed by atoms with Gasteiger partial charge in [0.25, 0.3) is 0 Å². The van der Waals surface area contributed by atoms with Crippen molar-refractivity contribution in [3.8, 4) is 0 Å². The van der Waals surface area contributed by atoms with Crippen LogP contribution in [0.5, 0.6) is 0 Å². The van der Waals surface area contributed by atoms with Gasteiger partial charge < -0.3 is 10.6 Å². The Morgan fingerprint density at radius 2 is 2.18 bits per heavy atom. The molecule has 3 nitrogen and oxygen atoms in total. The lowest BCUT2D eigenvalue weighted by molar-refractivity contribution is 0.479. The number of pyridine rings is 1. The van der Waals surface area contributed by atoms with Crippen LogP contribution in [0.2, 0.25) is 0 Å². The number of nitrogens with one attached hydrogen (secondary N) is 2. The maximum absolute atomic E-state index is 4.50. The summed E-state index contributed by atoms with van der Waals surface area (Å²) in [5.41, 5.74) is 1.46. The number of piperidine rings is 1. The molecule has 2 rings (SSSR count). The van der Waals surface area contributed by atoms with E-state index in [1.807, 2.05) is 6.20 Å². The zero-order chi connectivity index (χ0) is 12.3. The molecule has 1 aromatic heterocycles. The van der Waals surface area contributed by atoms with Gasteiger partial charge in [-0.2, -0.15) is 0 Å². The summed E-state index contributed by atoms with van der Waals surface area (Å²) in [6, 6.07) is 4.79. The molecule has 2 N–H and O–H groups in total. The van der Waals surface area contributed by atoms with Crippen LogP contribution in [0.1, 0.15) is 39.2 Å². The summed E-state index contributed by atoms with van der Waals surface area (Å²) in [6.07, 6.45) is 4.46. The Kier molecular flexibility index (Phi) is 3.67. The normalized spacial score (nSPS) is 21.2. The van der Waals surface area contributed by atoms with E-state index in [4.69, 9.17) is 0 Å². The van der Waals surface area contributed by atoms with Crippen molar-refractivity contribution in [3.05, 3.63) is 23.9 Å². The lowest BCUT2D eigenvalue weighted by atomic mass is 9.88. The molecule has 0 aromatic carbocycles. The van der Waals surface area contributed by atoms with Crippen LogP contribution >= 0.6 is 0 Å². The number of aromatic nitrogens is 1. The third kappa shape index (κ3) is 3.43. The van der Waals surface area contributed by atoms with Gasteiger partial charge in [-0.3, -0.25) is 0 Å². The second-order valence-corrected chi connectivity index (χ2v) is 5.87. The largest absolute Gasteiger partial charge is 0.366 e. The van der Waals surface area contributed by atoms with Crippen molar-refractivity contribution >= 4 is 5.82 Å². The number of hydrogen-bond donors (Lipinski definition) is 2. The first-order valence-corrected chi connectivity index (χ1v) is 6.49. The van der Waals surface area contributed by atoms with E-state index >= 15 is 0 Å². The SMILES string of the molecule is CC(C)(C)c1ccc(NC2CCCNC2)nc1. The molecule has 1 aliphatic heterocycles. The fourth-order valence-corrected chi connectivity index (χ4v) is 2.11. The van der Waals surface area contributed by atoms with E-state index in [2.05, 4.69) is 48.5 Å². The van der Waals surface area contributed by atoms with Crippen LogP contribution in [0.3, 0.4) is 0 Å². The van der Waals surface area contributed by atoms with Crippen LogP contribution in [0, 0.1) is 0 Å². The molecule has 1 aromatic rings. The molecule has 1 aliphatic rings. The molecule has 0 amide bonds. The highest BCUT2D eigenvalue weighted by Crippen LogP contribution is 2.22. The Hall–Kier alpha value is -1.09. The standard InChI is InChI=1S/C14H23N3/c1-14(2,3)11-6-7-13(16-9-11)17-12-5-4-8-15-10-12/h6-7,9,12,15H,4-5,8,10H2,1-3H3,(H,16,17). The second-order valence-electron chi connectivity index (χ2n) is 5.87. The smallest absolute Gasteiger partial charge is 0.126 e. The van der Waals surface area contributed by atoms with Crippen LogP contribution in [-0.2, 0) is 5.41 Å². The average Bonchev–Trinajstić information content (AvgIpc) is 2.30. The van der Waals surface area contributed by atoms with Gasteiger partial charge in [-0.1, -0.05) is 26.8 Å². The van der Waals surface area contributed by atoms with E-state index < -0.39 is 0 Å². The summed E-state index contributed by atoms with van der Waals surface area (Å²) in [6.45, 7) is 8.82. The van der Waals surface area contributed by atoms with Crippen molar-refractivity contribution < 1.29 is 0 Å². The maximum atomic E-state index is 4.50. The Labute approximate surface area is 104 Å². The van der Waals surface area contributed by atoms with Crippen LogP contribution in [0.25, 0.3) is 0 Å². The van der Waals surface area contributed by atoms with Gasteiger partial charge in [0.2, 0.25) is 0 Å². The predicted octanol–water partition coefficient (Wildman–Crippen LogP) is 2.54. The lowest BCUT2D eigenvalue weighted by Gasteiger charge is -2.25. The highest BCUT2D eigenvalue weighted by Gasteiger charge is 2.15. The number of nitrogens with zero attached hydrogens (tertiary/aromatic N) is 1. The predicted molar refractivity (Wildman–Crippen MR) is 72.5 cm³/mol. The molecule has 0 spiro atoms. The lowest BCUT2D eigenvalue weighted by Crippen LogP contribution is -2.38. The minimum Gasteiger partial charge on any atom is -0.366 e. The monoisotopic (exact) mass is 233 g/mol. The van der Waals surface area contributed by atoms with Crippen molar-refractivity contribution in [2.45, 2.75) is 45.1 Å². The number of anilines is 1. The van der Waals surface area contributed by atoms with Gasteiger partial charge >= 0.3 is 0 Å². The van der Waals surface area contributed by atoms with E-state index in [9.17, 15) is 0 Å². The molecule has 94 valence electrons. The molecule has 1 unspecified atom stereocenters. The van der Waals surface area contributed by atoms with E-state index in [1.54, 1.807) is 0 Å². The maximum Gasteiger partial charge on any atom is 0.126 e. The van der Waals surface area contributed by atoms with Crippen molar-refractivity contribution in [2.24, 2.45) is 0 Å². The summed E-state index contributed by atoms with van der Waals surface area (Å²) in [4.78, 5) is 4.50. The molecule has 0 radical (unpaired) electrons. The summed E-state index contributed by atoms with van der Waals surface area (Å²) in [5, 5.41) is 6.89. The first-order valence-electron chi connectivity index (χ1n) is 6.49. The first-order chi connectivity index (χ1) is 8.05.